The number of amides is 1. The first-order valence-corrected chi connectivity index (χ1v) is 6.67. The van der Waals surface area contributed by atoms with E-state index in [1.54, 1.807) is 13.0 Å². The number of aliphatic hydroxyl groups is 1. The third-order valence-corrected chi connectivity index (χ3v) is 3.23. The van der Waals surface area contributed by atoms with Crippen molar-refractivity contribution in [3.8, 4) is 5.75 Å². The quantitative estimate of drug-likeness (QED) is 0.842. The van der Waals surface area contributed by atoms with E-state index in [4.69, 9.17) is 4.74 Å². The SMILES string of the molecule is CCC(C)(C)NC(=O)C(C)Oc1c(F)cccc1CO. The van der Waals surface area contributed by atoms with Crippen molar-refractivity contribution in [2.45, 2.75) is 52.4 Å². The third kappa shape index (κ3) is 4.20. The molecule has 1 unspecified atom stereocenters. The summed E-state index contributed by atoms with van der Waals surface area (Å²) in [5.74, 6) is -0.984. The molecule has 112 valence electrons. The maximum absolute atomic E-state index is 13.7. The number of carbonyl (C=O) groups is 1. The van der Waals surface area contributed by atoms with Gasteiger partial charge in [0.2, 0.25) is 0 Å². The van der Waals surface area contributed by atoms with Crippen molar-refractivity contribution in [1.29, 1.82) is 0 Å². The summed E-state index contributed by atoms with van der Waals surface area (Å²) in [6.07, 6.45) is -0.0735. The van der Waals surface area contributed by atoms with Crippen LogP contribution in [0, 0.1) is 5.82 Å². The summed E-state index contributed by atoms with van der Waals surface area (Å²) in [5, 5.41) is 12.0. The Morgan fingerprint density at radius 3 is 2.70 bits per heavy atom. The van der Waals surface area contributed by atoms with Gasteiger partial charge in [0.05, 0.1) is 6.61 Å². The maximum Gasteiger partial charge on any atom is 0.261 e. The van der Waals surface area contributed by atoms with Crippen LogP contribution in [0.2, 0.25) is 0 Å². The molecule has 1 aromatic carbocycles. The predicted molar refractivity (Wildman–Crippen MR) is 74.9 cm³/mol. The van der Waals surface area contributed by atoms with Gasteiger partial charge in [-0.1, -0.05) is 19.1 Å². The lowest BCUT2D eigenvalue weighted by Crippen LogP contribution is -2.48. The van der Waals surface area contributed by atoms with Crippen LogP contribution < -0.4 is 10.1 Å². The van der Waals surface area contributed by atoms with Gasteiger partial charge in [-0.3, -0.25) is 4.79 Å². The zero-order chi connectivity index (χ0) is 15.3. The first-order valence-electron chi connectivity index (χ1n) is 6.67. The summed E-state index contributed by atoms with van der Waals surface area (Å²) in [7, 11) is 0. The molecule has 2 N–H and O–H groups in total. The molecule has 20 heavy (non-hydrogen) atoms. The van der Waals surface area contributed by atoms with Gasteiger partial charge >= 0.3 is 0 Å². The van der Waals surface area contributed by atoms with Crippen LogP contribution in [-0.4, -0.2) is 22.7 Å². The van der Waals surface area contributed by atoms with E-state index in [9.17, 15) is 14.3 Å². The van der Waals surface area contributed by atoms with Crippen LogP contribution in [0.15, 0.2) is 18.2 Å². The van der Waals surface area contributed by atoms with Crippen molar-refractivity contribution < 1.29 is 19.0 Å². The predicted octanol–water partition coefficient (Wildman–Crippen LogP) is 2.39. The van der Waals surface area contributed by atoms with Gasteiger partial charge < -0.3 is 15.2 Å². The monoisotopic (exact) mass is 283 g/mol. The van der Waals surface area contributed by atoms with Crippen molar-refractivity contribution in [2.24, 2.45) is 0 Å². The Morgan fingerprint density at radius 2 is 2.15 bits per heavy atom. The van der Waals surface area contributed by atoms with E-state index in [-0.39, 0.29) is 23.8 Å². The molecule has 1 amide bonds. The van der Waals surface area contributed by atoms with E-state index in [0.717, 1.165) is 6.42 Å². The number of hydrogen-bond donors (Lipinski definition) is 2. The van der Waals surface area contributed by atoms with Gasteiger partial charge in [-0.15, -0.1) is 0 Å². The molecule has 0 aliphatic heterocycles. The Balaban J connectivity index is 2.81. The van der Waals surface area contributed by atoms with Crippen LogP contribution in [0.1, 0.15) is 39.7 Å². The first-order chi connectivity index (χ1) is 9.30. The second-order valence-electron chi connectivity index (χ2n) is 5.37. The second kappa shape index (κ2) is 6.70. The van der Waals surface area contributed by atoms with Crippen molar-refractivity contribution in [3.05, 3.63) is 29.6 Å². The summed E-state index contributed by atoms with van der Waals surface area (Å²) in [4.78, 5) is 12.0. The Kier molecular flexibility index (Phi) is 5.51. The lowest BCUT2D eigenvalue weighted by molar-refractivity contribution is -0.129. The highest BCUT2D eigenvalue weighted by molar-refractivity contribution is 5.81. The number of hydrogen-bond acceptors (Lipinski definition) is 3. The van der Waals surface area contributed by atoms with Crippen LogP contribution in [0.4, 0.5) is 4.39 Å². The minimum absolute atomic E-state index is 0.0769. The van der Waals surface area contributed by atoms with Crippen molar-refractivity contribution in [3.63, 3.8) is 0 Å². The van der Waals surface area contributed by atoms with Gasteiger partial charge in [0.1, 0.15) is 0 Å². The van der Waals surface area contributed by atoms with Gasteiger partial charge in [0, 0.05) is 11.1 Å². The average molecular weight is 283 g/mol. The highest BCUT2D eigenvalue weighted by Crippen LogP contribution is 2.24. The number of carbonyl (C=O) groups excluding carboxylic acids is 1. The first kappa shape index (κ1) is 16.4. The van der Waals surface area contributed by atoms with Crippen molar-refractivity contribution >= 4 is 5.91 Å². The van der Waals surface area contributed by atoms with Gasteiger partial charge in [0.15, 0.2) is 17.7 Å². The zero-order valence-electron chi connectivity index (χ0n) is 12.4. The summed E-state index contributed by atoms with van der Waals surface area (Å²) in [5.41, 5.74) is -0.0246. The van der Waals surface area contributed by atoms with Crippen LogP contribution >= 0.6 is 0 Å². The summed E-state index contributed by atoms with van der Waals surface area (Å²) >= 11 is 0. The van der Waals surface area contributed by atoms with Crippen LogP contribution in [0.25, 0.3) is 0 Å². The topological polar surface area (TPSA) is 58.6 Å². The molecule has 0 heterocycles. The molecule has 0 aliphatic carbocycles. The molecule has 1 rings (SSSR count). The molecule has 0 spiro atoms. The van der Waals surface area contributed by atoms with E-state index in [1.807, 2.05) is 20.8 Å². The van der Waals surface area contributed by atoms with Gasteiger partial charge in [0.25, 0.3) is 5.91 Å². The van der Waals surface area contributed by atoms with Crippen LogP contribution in [0.5, 0.6) is 5.75 Å². The molecule has 0 bridgehead atoms. The van der Waals surface area contributed by atoms with Crippen molar-refractivity contribution in [1.82, 2.24) is 5.32 Å². The van der Waals surface area contributed by atoms with E-state index >= 15 is 0 Å². The normalized spacial score (nSPS) is 12.9. The van der Waals surface area contributed by atoms with Gasteiger partial charge in [-0.05, 0) is 33.3 Å². The number of nitrogens with one attached hydrogen (secondary N) is 1. The van der Waals surface area contributed by atoms with Crippen LogP contribution in [0.3, 0.4) is 0 Å². The number of halogens is 1. The number of para-hydroxylation sites is 1. The molecule has 0 saturated carbocycles. The molecule has 0 fully saturated rings. The Morgan fingerprint density at radius 1 is 1.50 bits per heavy atom. The molecule has 0 aromatic heterocycles. The number of ether oxygens (including phenoxy) is 1. The van der Waals surface area contributed by atoms with Crippen molar-refractivity contribution in [2.75, 3.05) is 0 Å². The smallest absolute Gasteiger partial charge is 0.261 e. The number of rotatable bonds is 6. The molecule has 5 heteroatoms. The summed E-state index contributed by atoms with van der Waals surface area (Å²) in [6.45, 7) is 6.98. The lowest BCUT2D eigenvalue weighted by atomic mass is 10.0. The lowest BCUT2D eigenvalue weighted by Gasteiger charge is -2.27. The average Bonchev–Trinajstić information content (AvgIpc) is 2.40. The molecule has 0 radical (unpaired) electrons. The van der Waals surface area contributed by atoms with E-state index in [0.29, 0.717) is 5.56 Å². The standard InChI is InChI=1S/C15H22FNO3/c1-5-15(3,4)17-14(19)10(2)20-13-11(9-18)7-6-8-12(13)16/h6-8,10,18H,5,9H2,1-4H3,(H,17,19). The molecule has 0 saturated heterocycles. The van der Waals surface area contributed by atoms with Gasteiger partial charge in [-0.25, -0.2) is 4.39 Å². The fraction of sp³-hybridized carbons (Fsp3) is 0.533. The largest absolute Gasteiger partial charge is 0.477 e. The highest BCUT2D eigenvalue weighted by atomic mass is 19.1. The molecule has 4 nitrogen and oxygen atoms in total. The fourth-order valence-corrected chi connectivity index (χ4v) is 1.56. The fourth-order valence-electron chi connectivity index (χ4n) is 1.56. The third-order valence-electron chi connectivity index (χ3n) is 3.23. The molecular weight excluding hydrogens is 261 g/mol. The number of aliphatic hydroxyl groups excluding tert-OH is 1. The maximum atomic E-state index is 13.7. The molecular formula is C15H22FNO3. The van der Waals surface area contributed by atoms with Gasteiger partial charge in [-0.2, -0.15) is 0 Å². The Hall–Kier alpha value is -1.62. The molecule has 1 atom stereocenters. The Labute approximate surface area is 119 Å². The molecule has 1 aromatic rings. The Bertz CT molecular complexity index is 474. The molecule has 0 aliphatic rings. The highest BCUT2D eigenvalue weighted by Gasteiger charge is 2.24. The van der Waals surface area contributed by atoms with Crippen LogP contribution in [-0.2, 0) is 11.4 Å². The second-order valence-corrected chi connectivity index (χ2v) is 5.37. The van der Waals surface area contributed by atoms with E-state index < -0.39 is 11.9 Å². The minimum atomic E-state index is -0.844. The van der Waals surface area contributed by atoms with E-state index in [2.05, 4.69) is 5.32 Å². The summed E-state index contributed by atoms with van der Waals surface area (Å²) in [6, 6.07) is 4.27. The summed E-state index contributed by atoms with van der Waals surface area (Å²) < 4.78 is 19.1. The minimum Gasteiger partial charge on any atom is -0.477 e. The van der Waals surface area contributed by atoms with E-state index in [1.165, 1.54) is 12.1 Å². The zero-order valence-corrected chi connectivity index (χ0v) is 12.4. The number of benzene rings is 1.